The van der Waals surface area contributed by atoms with E-state index in [-0.39, 0.29) is 28.9 Å². The summed E-state index contributed by atoms with van der Waals surface area (Å²) in [7, 11) is -1.47. The van der Waals surface area contributed by atoms with Gasteiger partial charge in [-0.05, 0) is 30.5 Å². The Kier molecular flexibility index (Phi) is 4.79. The fourth-order valence-corrected chi connectivity index (χ4v) is 4.30. The highest BCUT2D eigenvalue weighted by Gasteiger charge is 2.27. The third-order valence-corrected chi connectivity index (χ3v) is 5.37. The van der Waals surface area contributed by atoms with Crippen LogP contribution in [0.3, 0.4) is 0 Å². The quantitative estimate of drug-likeness (QED) is 0.624. The minimum atomic E-state index is -2.86. The zero-order valence-electron chi connectivity index (χ0n) is 11.7. The number of nitro benzene ring substituents is 1. The van der Waals surface area contributed by atoms with E-state index in [0.717, 1.165) is 5.56 Å². The molecule has 1 aromatic carbocycles. The number of sulfone groups is 1. The first-order chi connectivity index (χ1) is 9.91. The lowest BCUT2D eigenvalue weighted by atomic mass is 10.1. The Labute approximate surface area is 123 Å². The number of hydrogen-bond donors (Lipinski definition) is 1. The number of benzene rings is 1. The summed E-state index contributed by atoms with van der Waals surface area (Å²) in [5, 5.41) is 14.1. The normalized spacial score (nSPS) is 20.3. The van der Waals surface area contributed by atoms with Crippen LogP contribution in [0.1, 0.15) is 12.0 Å². The molecule has 1 heterocycles. The zero-order valence-corrected chi connectivity index (χ0v) is 12.6. The van der Waals surface area contributed by atoms with Gasteiger partial charge in [0.15, 0.2) is 15.6 Å². The van der Waals surface area contributed by atoms with E-state index in [1.54, 1.807) is 12.1 Å². The van der Waals surface area contributed by atoms with Crippen molar-refractivity contribution in [1.29, 1.82) is 0 Å². The number of rotatable bonds is 6. The lowest BCUT2D eigenvalue weighted by Crippen LogP contribution is -2.23. The van der Waals surface area contributed by atoms with Gasteiger partial charge in [0.25, 0.3) is 0 Å². The summed E-state index contributed by atoms with van der Waals surface area (Å²) in [4.78, 5) is 10.4. The number of nitrogens with zero attached hydrogens (tertiary/aromatic N) is 1. The smallest absolute Gasteiger partial charge is 0.311 e. The summed E-state index contributed by atoms with van der Waals surface area (Å²) in [5.74, 6) is 0.838. The molecule has 0 aliphatic carbocycles. The maximum absolute atomic E-state index is 11.3. The summed E-state index contributed by atoms with van der Waals surface area (Å²) < 4.78 is 27.6. The Morgan fingerprint density at radius 3 is 2.81 bits per heavy atom. The van der Waals surface area contributed by atoms with E-state index < -0.39 is 14.8 Å². The maximum Gasteiger partial charge on any atom is 0.311 e. The van der Waals surface area contributed by atoms with Gasteiger partial charge in [-0.3, -0.25) is 10.1 Å². The highest BCUT2D eigenvalue weighted by molar-refractivity contribution is 7.91. The highest BCUT2D eigenvalue weighted by Crippen LogP contribution is 2.27. The van der Waals surface area contributed by atoms with Crippen LogP contribution < -0.4 is 10.1 Å². The van der Waals surface area contributed by atoms with Gasteiger partial charge in [0.2, 0.25) is 0 Å². The molecule has 1 atom stereocenters. The number of ether oxygens (including phenoxy) is 1. The first-order valence-corrected chi connectivity index (χ1v) is 8.46. The SMILES string of the molecule is COc1ccc(CNCC2CCS(=O)(=O)C2)cc1[N+](=O)[O-]. The van der Waals surface area contributed by atoms with Gasteiger partial charge in [0, 0.05) is 12.6 Å². The molecule has 1 N–H and O–H groups in total. The Balaban J connectivity index is 1.92. The van der Waals surface area contributed by atoms with Crippen molar-refractivity contribution in [2.75, 3.05) is 25.2 Å². The molecule has 1 saturated heterocycles. The fourth-order valence-electron chi connectivity index (χ4n) is 2.44. The van der Waals surface area contributed by atoms with Gasteiger partial charge in [-0.25, -0.2) is 8.42 Å². The van der Waals surface area contributed by atoms with E-state index in [4.69, 9.17) is 4.74 Å². The van der Waals surface area contributed by atoms with E-state index in [1.165, 1.54) is 13.2 Å². The largest absolute Gasteiger partial charge is 0.490 e. The molecule has 1 aliphatic rings. The van der Waals surface area contributed by atoms with Gasteiger partial charge in [-0.2, -0.15) is 0 Å². The molecule has 0 radical (unpaired) electrons. The van der Waals surface area contributed by atoms with Crippen LogP contribution in [0, 0.1) is 16.0 Å². The zero-order chi connectivity index (χ0) is 15.5. The van der Waals surface area contributed by atoms with Crippen LogP contribution in [0.2, 0.25) is 0 Å². The molecular formula is C13H18N2O5S. The fraction of sp³-hybridized carbons (Fsp3) is 0.538. The molecule has 1 aromatic rings. The molecule has 7 nitrogen and oxygen atoms in total. The number of nitro groups is 1. The maximum atomic E-state index is 11.3. The van der Waals surface area contributed by atoms with Crippen molar-refractivity contribution in [1.82, 2.24) is 5.32 Å². The number of nitrogens with one attached hydrogen (secondary N) is 1. The molecule has 1 aliphatic heterocycles. The minimum absolute atomic E-state index is 0.0692. The molecular weight excluding hydrogens is 296 g/mol. The monoisotopic (exact) mass is 314 g/mol. The third kappa shape index (κ3) is 4.15. The predicted molar refractivity (Wildman–Crippen MR) is 78.1 cm³/mol. The molecule has 0 bridgehead atoms. The van der Waals surface area contributed by atoms with Gasteiger partial charge in [0.1, 0.15) is 0 Å². The van der Waals surface area contributed by atoms with E-state index in [2.05, 4.69) is 5.32 Å². The standard InChI is InChI=1S/C13H18N2O5S/c1-20-13-3-2-10(6-12(13)15(16)17)7-14-8-11-4-5-21(18,19)9-11/h2-3,6,11,14H,4-5,7-9H2,1H3. The van der Waals surface area contributed by atoms with Gasteiger partial charge in [-0.1, -0.05) is 6.07 Å². The van der Waals surface area contributed by atoms with Crippen LogP contribution in [0.5, 0.6) is 5.75 Å². The predicted octanol–water partition coefficient (Wildman–Crippen LogP) is 1.13. The number of hydrogen-bond acceptors (Lipinski definition) is 6. The second-order valence-electron chi connectivity index (χ2n) is 5.16. The lowest BCUT2D eigenvalue weighted by Gasteiger charge is -2.10. The second kappa shape index (κ2) is 6.40. The van der Waals surface area contributed by atoms with Crippen molar-refractivity contribution in [2.45, 2.75) is 13.0 Å². The Morgan fingerprint density at radius 2 is 2.24 bits per heavy atom. The molecule has 0 saturated carbocycles. The highest BCUT2D eigenvalue weighted by atomic mass is 32.2. The van der Waals surface area contributed by atoms with Gasteiger partial charge < -0.3 is 10.1 Å². The second-order valence-corrected chi connectivity index (χ2v) is 7.39. The van der Waals surface area contributed by atoms with Crippen LogP contribution in [-0.2, 0) is 16.4 Å². The summed E-state index contributed by atoms with van der Waals surface area (Å²) in [5.41, 5.74) is 0.698. The van der Waals surface area contributed by atoms with Crippen LogP contribution in [-0.4, -0.2) is 38.5 Å². The van der Waals surface area contributed by atoms with Gasteiger partial charge in [0.05, 0.1) is 23.5 Å². The first kappa shape index (κ1) is 15.7. The average molecular weight is 314 g/mol. The van der Waals surface area contributed by atoms with Crippen molar-refractivity contribution in [3.05, 3.63) is 33.9 Å². The number of methoxy groups -OCH3 is 1. The van der Waals surface area contributed by atoms with Crippen LogP contribution in [0.25, 0.3) is 0 Å². The topological polar surface area (TPSA) is 98.5 Å². The first-order valence-electron chi connectivity index (χ1n) is 6.64. The molecule has 116 valence electrons. The van der Waals surface area contributed by atoms with Crippen molar-refractivity contribution in [3.8, 4) is 5.75 Å². The Bertz CT molecular complexity index is 629. The van der Waals surface area contributed by atoms with Crippen molar-refractivity contribution < 1.29 is 18.1 Å². The van der Waals surface area contributed by atoms with Crippen LogP contribution >= 0.6 is 0 Å². The molecule has 1 unspecified atom stereocenters. The summed E-state index contributed by atoms with van der Waals surface area (Å²) >= 11 is 0. The summed E-state index contributed by atoms with van der Waals surface area (Å²) in [6, 6.07) is 4.79. The summed E-state index contributed by atoms with van der Waals surface area (Å²) in [6.07, 6.45) is 0.679. The molecule has 8 heteroatoms. The average Bonchev–Trinajstić information content (AvgIpc) is 2.78. The van der Waals surface area contributed by atoms with E-state index in [1.807, 2.05) is 0 Å². The lowest BCUT2D eigenvalue weighted by molar-refractivity contribution is -0.385. The van der Waals surface area contributed by atoms with Crippen LogP contribution in [0.4, 0.5) is 5.69 Å². The molecule has 1 fully saturated rings. The van der Waals surface area contributed by atoms with Crippen LogP contribution in [0.15, 0.2) is 18.2 Å². The van der Waals surface area contributed by atoms with E-state index in [9.17, 15) is 18.5 Å². The Hall–Kier alpha value is -1.67. The van der Waals surface area contributed by atoms with Gasteiger partial charge >= 0.3 is 5.69 Å². The van der Waals surface area contributed by atoms with E-state index >= 15 is 0 Å². The molecule has 2 rings (SSSR count). The summed E-state index contributed by atoms with van der Waals surface area (Å²) in [6.45, 7) is 1.06. The van der Waals surface area contributed by atoms with Crippen molar-refractivity contribution in [2.24, 2.45) is 5.92 Å². The molecule has 0 amide bonds. The molecule has 0 spiro atoms. The Morgan fingerprint density at radius 1 is 1.48 bits per heavy atom. The molecule has 0 aromatic heterocycles. The van der Waals surface area contributed by atoms with E-state index in [0.29, 0.717) is 19.5 Å². The third-order valence-electron chi connectivity index (χ3n) is 3.53. The van der Waals surface area contributed by atoms with Crippen molar-refractivity contribution >= 4 is 15.5 Å². The minimum Gasteiger partial charge on any atom is -0.490 e. The van der Waals surface area contributed by atoms with Gasteiger partial charge in [-0.15, -0.1) is 0 Å². The van der Waals surface area contributed by atoms with Crippen molar-refractivity contribution in [3.63, 3.8) is 0 Å². The molecule has 21 heavy (non-hydrogen) atoms.